The molecule has 48 heavy (non-hydrogen) atoms. The van der Waals surface area contributed by atoms with Gasteiger partial charge in [-0.05, 0) is 62.4 Å². The number of nitrogens with zero attached hydrogens (tertiary/aromatic N) is 7. The Hall–Kier alpha value is -4.64. The van der Waals surface area contributed by atoms with E-state index < -0.39 is 0 Å². The van der Waals surface area contributed by atoms with Crippen LogP contribution in [0.25, 0.3) is 16.6 Å². The Bertz CT molecular complexity index is 1860. The summed E-state index contributed by atoms with van der Waals surface area (Å²) in [5.41, 5.74) is 4.70. The molecule has 4 unspecified atom stereocenters. The summed E-state index contributed by atoms with van der Waals surface area (Å²) in [5, 5.41) is 4.61. The smallest absolute Gasteiger partial charge is 0.254 e. The number of aliphatic imine (C=N–C) groups is 1. The van der Waals surface area contributed by atoms with Crippen LogP contribution in [0.1, 0.15) is 47.2 Å². The van der Waals surface area contributed by atoms with Crippen molar-refractivity contribution >= 4 is 29.7 Å². The van der Waals surface area contributed by atoms with Crippen LogP contribution in [-0.2, 0) is 11.3 Å². The second-order valence-corrected chi connectivity index (χ2v) is 13.8. The van der Waals surface area contributed by atoms with Crippen LogP contribution in [0.2, 0.25) is 0 Å². The molecule has 4 saturated heterocycles. The highest BCUT2D eigenvalue weighted by Crippen LogP contribution is 2.37. The van der Waals surface area contributed by atoms with Crippen LogP contribution in [-0.4, -0.2) is 94.2 Å². The van der Waals surface area contributed by atoms with Crippen LogP contribution < -0.4 is 9.64 Å². The molecular weight excluding hydrogens is 609 g/mol. The molecule has 4 aliphatic heterocycles. The van der Waals surface area contributed by atoms with Crippen LogP contribution in [0.15, 0.2) is 60.0 Å². The number of hydrogen-bond acceptors (Lipinski definition) is 8. The van der Waals surface area contributed by atoms with E-state index in [9.17, 15) is 14.0 Å². The fourth-order valence-corrected chi connectivity index (χ4v) is 8.48. The first-order valence-corrected chi connectivity index (χ1v) is 16.9. The summed E-state index contributed by atoms with van der Waals surface area (Å²) in [6.07, 6.45) is 9.16. The predicted molar refractivity (Wildman–Crippen MR) is 181 cm³/mol. The molecule has 2 bridgehead atoms. The minimum absolute atomic E-state index is 0.0889. The topological polar surface area (TPSA) is 95.6 Å². The third-order valence-electron chi connectivity index (χ3n) is 10.9. The van der Waals surface area contributed by atoms with Gasteiger partial charge < -0.3 is 14.5 Å². The van der Waals surface area contributed by atoms with E-state index in [1.807, 2.05) is 28.0 Å². The van der Waals surface area contributed by atoms with E-state index in [1.165, 1.54) is 6.07 Å². The first kappa shape index (κ1) is 30.7. The molecular formula is C37H40FN7O3. The Labute approximate surface area is 279 Å². The molecule has 4 aromatic rings. The lowest BCUT2D eigenvalue weighted by Crippen LogP contribution is -2.44. The van der Waals surface area contributed by atoms with Crippen molar-refractivity contribution in [2.24, 2.45) is 16.8 Å². The van der Waals surface area contributed by atoms with Gasteiger partial charge in [0.25, 0.3) is 5.91 Å². The molecule has 4 atom stereocenters. The van der Waals surface area contributed by atoms with Gasteiger partial charge >= 0.3 is 0 Å². The summed E-state index contributed by atoms with van der Waals surface area (Å²) in [7, 11) is 0. The second-order valence-electron chi connectivity index (χ2n) is 13.8. The summed E-state index contributed by atoms with van der Waals surface area (Å²) in [5.74, 6) is 2.28. The number of amides is 1. The third-order valence-corrected chi connectivity index (χ3v) is 10.9. The first-order valence-electron chi connectivity index (χ1n) is 16.9. The first-order chi connectivity index (χ1) is 23.4. The van der Waals surface area contributed by atoms with Gasteiger partial charge in [-0.1, -0.05) is 6.07 Å². The minimum Gasteiger partial charge on any atom is -0.491 e. The molecule has 0 N–H and O–H groups in total. The molecule has 1 aromatic carbocycles. The largest absolute Gasteiger partial charge is 0.491 e. The highest BCUT2D eigenvalue weighted by molar-refractivity contribution is 5.96. The van der Waals surface area contributed by atoms with Crippen molar-refractivity contribution in [2.45, 2.75) is 51.2 Å². The molecule has 4 fully saturated rings. The van der Waals surface area contributed by atoms with E-state index in [1.54, 1.807) is 19.1 Å². The molecule has 11 heteroatoms. The average molecular weight is 650 g/mol. The summed E-state index contributed by atoms with van der Waals surface area (Å²) in [4.78, 5) is 40.9. The van der Waals surface area contributed by atoms with Crippen molar-refractivity contribution in [3.05, 3.63) is 77.5 Å². The number of fused-ring (bicyclic) bond motifs is 4. The highest BCUT2D eigenvalue weighted by atomic mass is 19.1. The van der Waals surface area contributed by atoms with Crippen molar-refractivity contribution < 1.29 is 18.7 Å². The predicted octanol–water partition coefficient (Wildman–Crippen LogP) is 4.83. The monoisotopic (exact) mass is 649 g/mol. The summed E-state index contributed by atoms with van der Waals surface area (Å²) >= 11 is 0. The van der Waals surface area contributed by atoms with Gasteiger partial charge in [0.2, 0.25) is 0 Å². The Morgan fingerprint density at radius 1 is 1.06 bits per heavy atom. The van der Waals surface area contributed by atoms with Crippen LogP contribution >= 0.6 is 0 Å². The summed E-state index contributed by atoms with van der Waals surface area (Å²) in [6, 6.07) is 11.6. The standard InChI is InChI=1S/C37H40FN7O3/c1-23-32(4-3-5-34(23)38)37(47)43-20-26-18-42(19-27(26)21-43)35-9-6-24(16-40-35)33-14-31(22-45-36(33)25(15-39-2)17-41-45)48-11-10-44-28-7-8-29(44)13-30(46)12-28/h3-6,9,14,16-17,22,26-29H,2,7-8,10-13,15,18-21H2,1H3. The molecule has 4 aliphatic rings. The van der Waals surface area contributed by atoms with E-state index >= 15 is 0 Å². The quantitative estimate of drug-likeness (QED) is 0.240. The molecule has 10 nitrogen and oxygen atoms in total. The van der Waals surface area contributed by atoms with E-state index in [0.29, 0.717) is 79.9 Å². The van der Waals surface area contributed by atoms with Crippen LogP contribution in [0.3, 0.4) is 0 Å². The van der Waals surface area contributed by atoms with E-state index in [2.05, 4.69) is 44.8 Å². The van der Waals surface area contributed by atoms with Crippen molar-refractivity contribution in [2.75, 3.05) is 44.2 Å². The van der Waals surface area contributed by atoms with Gasteiger partial charge in [-0.25, -0.2) is 13.9 Å². The van der Waals surface area contributed by atoms with Gasteiger partial charge in [-0.3, -0.25) is 19.5 Å². The number of rotatable bonds is 9. The van der Waals surface area contributed by atoms with Gasteiger partial charge in [-0.15, -0.1) is 0 Å². The maximum atomic E-state index is 14.1. The number of hydrogen-bond donors (Lipinski definition) is 0. The zero-order valence-electron chi connectivity index (χ0n) is 27.2. The summed E-state index contributed by atoms with van der Waals surface area (Å²) in [6.45, 7) is 10.1. The lowest BCUT2D eigenvalue weighted by molar-refractivity contribution is -0.123. The third kappa shape index (κ3) is 5.53. The van der Waals surface area contributed by atoms with E-state index in [4.69, 9.17) is 9.72 Å². The molecule has 0 spiro atoms. The number of Topliss-reactive ketones (excluding diaryl/α,β-unsaturated/α-hetero) is 1. The van der Waals surface area contributed by atoms with Crippen molar-refractivity contribution in [1.82, 2.24) is 24.4 Å². The number of halogens is 1. The Kier molecular flexibility index (Phi) is 7.94. The highest BCUT2D eigenvalue weighted by Gasteiger charge is 2.42. The molecule has 0 saturated carbocycles. The zero-order valence-corrected chi connectivity index (χ0v) is 27.2. The number of ketones is 1. The maximum absolute atomic E-state index is 14.1. The normalized spacial score (nSPS) is 23.7. The average Bonchev–Trinajstić information content (AvgIpc) is 3.84. The maximum Gasteiger partial charge on any atom is 0.254 e. The minimum atomic E-state index is -0.346. The molecule has 0 radical (unpaired) electrons. The van der Waals surface area contributed by atoms with Gasteiger partial charge in [0.1, 0.15) is 29.8 Å². The number of aromatic nitrogens is 3. The number of ether oxygens (including phenoxy) is 1. The zero-order chi connectivity index (χ0) is 32.9. The van der Waals surface area contributed by atoms with Crippen molar-refractivity contribution in [1.29, 1.82) is 0 Å². The molecule has 3 aromatic heterocycles. The van der Waals surface area contributed by atoms with E-state index in [0.717, 1.165) is 66.3 Å². The summed E-state index contributed by atoms with van der Waals surface area (Å²) < 4.78 is 22.3. The lowest BCUT2D eigenvalue weighted by Gasteiger charge is -2.33. The van der Waals surface area contributed by atoms with Gasteiger partial charge in [0.05, 0.1) is 24.5 Å². The van der Waals surface area contributed by atoms with Crippen molar-refractivity contribution in [3.63, 3.8) is 0 Å². The number of carbonyl (C=O) groups is 2. The number of anilines is 1. The SMILES string of the molecule is C=NCc1cnn2cc(OCCN3C4CCC3CC(=O)C4)cc(-c3ccc(N4CC5CN(C(=O)c6cccc(F)c6C)CC5C4)nc3)c12. The lowest BCUT2D eigenvalue weighted by atomic mass is 10.0. The van der Waals surface area contributed by atoms with E-state index in [-0.39, 0.29) is 11.7 Å². The Morgan fingerprint density at radius 3 is 2.54 bits per heavy atom. The Balaban J connectivity index is 0.964. The number of pyridine rings is 2. The van der Waals surface area contributed by atoms with Crippen LogP contribution in [0.5, 0.6) is 5.75 Å². The molecule has 1 amide bonds. The Morgan fingerprint density at radius 2 is 1.83 bits per heavy atom. The van der Waals surface area contributed by atoms with Gasteiger partial charge in [0.15, 0.2) is 0 Å². The molecule has 8 rings (SSSR count). The van der Waals surface area contributed by atoms with Crippen LogP contribution in [0, 0.1) is 24.6 Å². The number of likely N-dealkylation sites (tertiary alicyclic amines) is 1. The van der Waals surface area contributed by atoms with Crippen LogP contribution in [0.4, 0.5) is 10.2 Å². The van der Waals surface area contributed by atoms with Crippen molar-refractivity contribution in [3.8, 4) is 16.9 Å². The van der Waals surface area contributed by atoms with Gasteiger partial charge in [0, 0.05) is 97.9 Å². The second kappa shape index (κ2) is 12.4. The fraction of sp³-hybridized carbons (Fsp3) is 0.432. The van der Waals surface area contributed by atoms with Gasteiger partial charge in [-0.2, -0.15) is 5.10 Å². The number of piperidine rings is 1. The molecule has 0 aliphatic carbocycles. The number of benzene rings is 1. The molecule has 248 valence electrons. The molecule has 7 heterocycles. The fourth-order valence-electron chi connectivity index (χ4n) is 8.48. The number of carbonyl (C=O) groups excluding carboxylic acids is 2.